The Morgan fingerprint density at radius 2 is 1.90 bits per heavy atom. The van der Waals surface area contributed by atoms with Gasteiger partial charge >= 0.3 is 0 Å². The highest BCUT2D eigenvalue weighted by Gasteiger charge is 2.20. The van der Waals surface area contributed by atoms with Gasteiger partial charge in [-0.3, -0.25) is 0 Å². The van der Waals surface area contributed by atoms with Crippen LogP contribution in [-0.4, -0.2) is 24.4 Å². The Morgan fingerprint density at radius 3 is 2.43 bits per heavy atom. The second-order valence-corrected chi connectivity index (χ2v) is 7.21. The number of aliphatic hydroxyl groups excluding tert-OH is 1. The summed E-state index contributed by atoms with van der Waals surface area (Å²) in [6.07, 6.45) is 1.12. The Hall–Kier alpha value is -1.06. The van der Waals surface area contributed by atoms with Gasteiger partial charge in [0.15, 0.2) is 0 Å². The van der Waals surface area contributed by atoms with Crippen LogP contribution in [0.3, 0.4) is 0 Å². The Morgan fingerprint density at radius 1 is 1.24 bits per heavy atom. The molecule has 3 heteroatoms. The third kappa shape index (κ3) is 6.06. The molecule has 0 radical (unpaired) electrons. The van der Waals surface area contributed by atoms with Crippen LogP contribution in [0.5, 0.6) is 5.75 Å². The Kier molecular flexibility index (Phi) is 6.69. The number of rotatable bonds is 7. The zero-order valence-electron chi connectivity index (χ0n) is 14.1. The standard InChI is InChI=1S/C18H31NO2/c1-13(2)12-21-17-9-7-14(6-8-15(20)11-19)10-16(17)18(3,4)5/h7,9-10,13,15,20H,6,8,11-12,19H2,1-5H3. The number of hydrogen-bond donors (Lipinski definition) is 2. The van der Waals surface area contributed by atoms with Gasteiger partial charge in [0.25, 0.3) is 0 Å². The predicted octanol–water partition coefficient (Wildman–Crippen LogP) is 3.27. The van der Waals surface area contributed by atoms with Crippen LogP contribution >= 0.6 is 0 Å². The molecule has 0 aliphatic rings. The number of hydrogen-bond acceptors (Lipinski definition) is 3. The molecule has 0 fully saturated rings. The Balaban J connectivity index is 2.91. The monoisotopic (exact) mass is 293 g/mol. The molecule has 0 amide bonds. The van der Waals surface area contributed by atoms with Crippen molar-refractivity contribution in [1.29, 1.82) is 0 Å². The molecule has 0 saturated carbocycles. The molecule has 3 N–H and O–H groups in total. The summed E-state index contributed by atoms with van der Waals surface area (Å²) in [5, 5.41) is 9.60. The molecule has 1 aromatic carbocycles. The number of benzene rings is 1. The highest BCUT2D eigenvalue weighted by Crippen LogP contribution is 2.32. The van der Waals surface area contributed by atoms with Crippen molar-refractivity contribution in [2.24, 2.45) is 11.7 Å². The molecule has 120 valence electrons. The maximum atomic E-state index is 9.60. The molecule has 0 aliphatic heterocycles. The molecule has 0 bridgehead atoms. The predicted molar refractivity (Wildman–Crippen MR) is 88.9 cm³/mol. The minimum atomic E-state index is -0.417. The van der Waals surface area contributed by atoms with Gasteiger partial charge in [0.05, 0.1) is 12.7 Å². The van der Waals surface area contributed by atoms with Crippen LogP contribution in [0.4, 0.5) is 0 Å². The van der Waals surface area contributed by atoms with E-state index in [-0.39, 0.29) is 5.41 Å². The number of ether oxygens (including phenoxy) is 1. The molecule has 3 nitrogen and oxygen atoms in total. The Bertz CT molecular complexity index is 435. The van der Waals surface area contributed by atoms with Crippen LogP contribution in [0.2, 0.25) is 0 Å². The van der Waals surface area contributed by atoms with Crippen molar-refractivity contribution in [1.82, 2.24) is 0 Å². The molecule has 0 spiro atoms. The van der Waals surface area contributed by atoms with Crippen LogP contribution in [0.1, 0.15) is 52.2 Å². The first kappa shape index (κ1) is 18.0. The van der Waals surface area contributed by atoms with Crippen molar-refractivity contribution in [3.63, 3.8) is 0 Å². The summed E-state index contributed by atoms with van der Waals surface area (Å²) < 4.78 is 5.96. The van der Waals surface area contributed by atoms with E-state index in [0.29, 0.717) is 18.9 Å². The van der Waals surface area contributed by atoms with Crippen molar-refractivity contribution in [2.45, 2.75) is 59.0 Å². The van der Waals surface area contributed by atoms with Gasteiger partial charge in [0.1, 0.15) is 5.75 Å². The van der Waals surface area contributed by atoms with Crippen LogP contribution in [-0.2, 0) is 11.8 Å². The third-order valence-corrected chi connectivity index (χ3v) is 3.46. The van der Waals surface area contributed by atoms with Crippen molar-refractivity contribution < 1.29 is 9.84 Å². The van der Waals surface area contributed by atoms with Crippen LogP contribution in [0, 0.1) is 5.92 Å². The Labute approximate surface area is 129 Å². The summed E-state index contributed by atoms with van der Waals surface area (Å²) in [5.41, 5.74) is 7.94. The number of aliphatic hydroxyl groups is 1. The van der Waals surface area contributed by atoms with E-state index in [1.807, 2.05) is 0 Å². The topological polar surface area (TPSA) is 55.5 Å². The summed E-state index contributed by atoms with van der Waals surface area (Å²) in [7, 11) is 0. The largest absolute Gasteiger partial charge is 0.493 e. The quantitative estimate of drug-likeness (QED) is 0.811. The van der Waals surface area contributed by atoms with Gasteiger partial charge < -0.3 is 15.6 Å². The minimum Gasteiger partial charge on any atom is -0.493 e. The summed E-state index contributed by atoms with van der Waals surface area (Å²) in [6.45, 7) is 11.9. The fourth-order valence-electron chi connectivity index (χ4n) is 2.15. The normalized spacial score (nSPS) is 13.5. The first-order valence-electron chi connectivity index (χ1n) is 7.88. The van der Waals surface area contributed by atoms with E-state index in [0.717, 1.165) is 18.8 Å². The van der Waals surface area contributed by atoms with Crippen LogP contribution in [0.25, 0.3) is 0 Å². The maximum Gasteiger partial charge on any atom is 0.123 e. The lowest BCUT2D eigenvalue weighted by atomic mass is 9.85. The molecule has 1 aromatic rings. The molecule has 0 heterocycles. The van der Waals surface area contributed by atoms with E-state index < -0.39 is 6.10 Å². The molecule has 0 aliphatic carbocycles. The molecule has 21 heavy (non-hydrogen) atoms. The fraction of sp³-hybridized carbons (Fsp3) is 0.667. The van der Waals surface area contributed by atoms with E-state index >= 15 is 0 Å². The summed E-state index contributed by atoms with van der Waals surface area (Å²) >= 11 is 0. The molecule has 1 atom stereocenters. The van der Waals surface area contributed by atoms with Gasteiger partial charge in [-0.1, -0.05) is 46.8 Å². The highest BCUT2D eigenvalue weighted by molar-refractivity contribution is 5.41. The van der Waals surface area contributed by atoms with Crippen molar-refractivity contribution in [3.05, 3.63) is 29.3 Å². The maximum absolute atomic E-state index is 9.60. The van der Waals surface area contributed by atoms with Gasteiger partial charge in [-0.15, -0.1) is 0 Å². The first-order chi connectivity index (χ1) is 9.74. The minimum absolute atomic E-state index is 0.0365. The zero-order chi connectivity index (χ0) is 16.0. The lowest BCUT2D eigenvalue weighted by Crippen LogP contribution is -2.20. The molecule has 0 aromatic heterocycles. The van der Waals surface area contributed by atoms with E-state index in [2.05, 4.69) is 52.8 Å². The number of nitrogens with two attached hydrogens (primary N) is 1. The fourth-order valence-corrected chi connectivity index (χ4v) is 2.15. The summed E-state index contributed by atoms with van der Waals surface area (Å²) in [4.78, 5) is 0. The van der Waals surface area contributed by atoms with Gasteiger partial charge in [0, 0.05) is 6.54 Å². The second-order valence-electron chi connectivity index (χ2n) is 7.21. The molecular weight excluding hydrogens is 262 g/mol. The van der Waals surface area contributed by atoms with E-state index in [1.165, 1.54) is 11.1 Å². The number of aryl methyl sites for hydroxylation is 1. The highest BCUT2D eigenvalue weighted by atomic mass is 16.5. The van der Waals surface area contributed by atoms with Crippen molar-refractivity contribution >= 4 is 0 Å². The van der Waals surface area contributed by atoms with Gasteiger partial charge in [0.2, 0.25) is 0 Å². The van der Waals surface area contributed by atoms with Crippen LogP contribution in [0.15, 0.2) is 18.2 Å². The van der Waals surface area contributed by atoms with Gasteiger partial charge in [-0.05, 0) is 41.4 Å². The lowest BCUT2D eigenvalue weighted by Gasteiger charge is -2.24. The smallest absolute Gasteiger partial charge is 0.123 e. The molecular formula is C18H31NO2. The summed E-state index contributed by atoms with van der Waals surface area (Å²) in [5.74, 6) is 1.48. The first-order valence-corrected chi connectivity index (χ1v) is 7.88. The summed E-state index contributed by atoms with van der Waals surface area (Å²) in [6, 6.07) is 6.36. The van der Waals surface area contributed by atoms with Crippen molar-refractivity contribution in [2.75, 3.05) is 13.2 Å². The molecule has 1 rings (SSSR count). The average Bonchev–Trinajstić information content (AvgIpc) is 2.41. The lowest BCUT2D eigenvalue weighted by molar-refractivity contribution is 0.173. The van der Waals surface area contributed by atoms with E-state index in [1.54, 1.807) is 0 Å². The zero-order valence-corrected chi connectivity index (χ0v) is 14.1. The third-order valence-electron chi connectivity index (χ3n) is 3.46. The van der Waals surface area contributed by atoms with Gasteiger partial charge in [-0.25, -0.2) is 0 Å². The van der Waals surface area contributed by atoms with Gasteiger partial charge in [-0.2, -0.15) is 0 Å². The van der Waals surface area contributed by atoms with Crippen molar-refractivity contribution in [3.8, 4) is 5.75 Å². The molecule has 1 unspecified atom stereocenters. The molecule has 0 saturated heterocycles. The van der Waals surface area contributed by atoms with E-state index in [4.69, 9.17) is 10.5 Å². The second kappa shape index (κ2) is 7.81. The SMILES string of the molecule is CC(C)COc1ccc(CCC(O)CN)cc1C(C)(C)C. The van der Waals surface area contributed by atoms with E-state index in [9.17, 15) is 5.11 Å². The van der Waals surface area contributed by atoms with Crippen LogP contribution < -0.4 is 10.5 Å². The average molecular weight is 293 g/mol.